The van der Waals surface area contributed by atoms with Gasteiger partial charge in [0.15, 0.2) is 0 Å². The Morgan fingerprint density at radius 3 is 2.36 bits per heavy atom. The number of hydrogen-bond donors (Lipinski definition) is 1. The molecule has 0 spiro atoms. The summed E-state index contributed by atoms with van der Waals surface area (Å²) in [6.07, 6.45) is 19.2. The minimum absolute atomic E-state index is 0.0152. The number of nitrogens with zero attached hydrogens (tertiary/aromatic N) is 1. The van der Waals surface area contributed by atoms with Gasteiger partial charge in [-0.05, 0) is 37.5 Å². The molecule has 0 aliphatic carbocycles. The molecule has 3 nitrogen and oxygen atoms in total. The van der Waals surface area contributed by atoms with Gasteiger partial charge in [-0.25, -0.2) is 0 Å². The average molecular weight is 309 g/mol. The van der Waals surface area contributed by atoms with E-state index in [0.717, 1.165) is 32.1 Å². The lowest BCUT2D eigenvalue weighted by Gasteiger charge is -2.17. The molecule has 2 N–H and O–H groups in total. The second-order valence-corrected chi connectivity index (χ2v) is 7.02. The Labute approximate surface area is 137 Å². The van der Waals surface area contributed by atoms with Gasteiger partial charge in [0.05, 0.1) is 6.54 Å². The van der Waals surface area contributed by atoms with E-state index in [1.165, 1.54) is 25.7 Å². The molecule has 0 saturated heterocycles. The van der Waals surface area contributed by atoms with Crippen LogP contribution in [0.1, 0.15) is 78.6 Å². The summed E-state index contributed by atoms with van der Waals surface area (Å²) in [5.74, 6) is 0. The lowest BCUT2D eigenvalue weighted by molar-refractivity contribution is 0.384. The molecule has 0 bridgehead atoms. The van der Waals surface area contributed by atoms with Crippen LogP contribution in [0.25, 0.3) is 0 Å². The third-order valence-corrected chi connectivity index (χ3v) is 3.86. The molecule has 3 heteroatoms. The van der Waals surface area contributed by atoms with Gasteiger partial charge in [-0.3, -0.25) is 0 Å². The van der Waals surface area contributed by atoms with E-state index >= 15 is 0 Å². The highest BCUT2D eigenvalue weighted by atomic mass is 16.3. The van der Waals surface area contributed by atoms with Crippen LogP contribution >= 0.6 is 0 Å². The molecule has 1 atom stereocenters. The highest BCUT2D eigenvalue weighted by molar-refractivity contribution is 4.92. The predicted molar refractivity (Wildman–Crippen MR) is 97.9 cm³/mol. The zero-order valence-electron chi connectivity index (χ0n) is 14.9. The van der Waals surface area contributed by atoms with Crippen molar-refractivity contribution in [3.05, 3.63) is 29.2 Å². The van der Waals surface area contributed by atoms with E-state index in [0.29, 0.717) is 12.6 Å². The number of nitroso groups, excluding NO2 is 1. The Hall–Kier alpha value is -0.960. The molecule has 0 amide bonds. The molecule has 0 rings (SSSR count). The van der Waals surface area contributed by atoms with Gasteiger partial charge in [-0.2, -0.15) is 4.91 Å². The van der Waals surface area contributed by atoms with Crippen molar-refractivity contribution in [2.24, 2.45) is 16.3 Å². The first-order valence-corrected chi connectivity index (χ1v) is 8.86. The van der Waals surface area contributed by atoms with E-state index in [1.54, 1.807) is 0 Å². The normalized spacial score (nSPS) is 14.0. The maximum atomic E-state index is 10.3. The van der Waals surface area contributed by atoms with E-state index in [4.69, 9.17) is 5.73 Å². The van der Waals surface area contributed by atoms with E-state index < -0.39 is 0 Å². The quantitative estimate of drug-likeness (QED) is 0.252. The largest absolute Gasteiger partial charge is 0.327 e. The van der Waals surface area contributed by atoms with E-state index in [9.17, 15) is 4.91 Å². The van der Waals surface area contributed by atoms with Crippen molar-refractivity contribution in [1.29, 1.82) is 0 Å². The third-order valence-electron chi connectivity index (χ3n) is 3.86. The number of unbranched alkanes of at least 4 members (excludes halogenated alkanes) is 4. The van der Waals surface area contributed by atoms with Gasteiger partial charge in [0.2, 0.25) is 0 Å². The third kappa shape index (κ3) is 14.0. The molecule has 128 valence electrons. The van der Waals surface area contributed by atoms with Crippen LogP contribution in [0.5, 0.6) is 0 Å². The van der Waals surface area contributed by atoms with Crippen molar-refractivity contribution >= 4 is 0 Å². The van der Waals surface area contributed by atoms with Crippen LogP contribution in [0.3, 0.4) is 0 Å². The fraction of sp³-hybridized carbons (Fsp3) is 0.789. The van der Waals surface area contributed by atoms with Crippen LogP contribution in [0.2, 0.25) is 0 Å². The summed E-state index contributed by atoms with van der Waals surface area (Å²) in [6.45, 7) is 6.76. The Morgan fingerprint density at radius 2 is 1.73 bits per heavy atom. The van der Waals surface area contributed by atoms with Crippen LogP contribution in [0.4, 0.5) is 0 Å². The standard InChI is InChI=1S/C19H36N2O/c1-4-5-6-11-14-18(20)15-12-9-7-8-10-13-16-19(2,3)17-21-22/h9-10,12-13,18H,4-8,11,14-17,20H2,1-3H3. The summed E-state index contributed by atoms with van der Waals surface area (Å²) in [5, 5.41) is 2.99. The fourth-order valence-electron chi connectivity index (χ4n) is 2.29. The second-order valence-electron chi connectivity index (χ2n) is 7.02. The summed E-state index contributed by atoms with van der Waals surface area (Å²) in [7, 11) is 0. The molecule has 0 aromatic rings. The molecule has 0 aromatic heterocycles. The number of nitrogens with two attached hydrogens (primary N) is 1. The summed E-state index contributed by atoms with van der Waals surface area (Å²) < 4.78 is 0. The molecule has 0 fully saturated rings. The van der Waals surface area contributed by atoms with Crippen LogP contribution in [-0.4, -0.2) is 12.6 Å². The Morgan fingerprint density at radius 1 is 1.05 bits per heavy atom. The second kappa shape index (κ2) is 13.7. The molecule has 0 radical (unpaired) electrons. The predicted octanol–water partition coefficient (Wildman–Crippen LogP) is 5.75. The SMILES string of the molecule is CCCCCCC(N)CC=CCCC=CCC(C)(C)CN=O. The zero-order valence-corrected chi connectivity index (χ0v) is 14.9. The molecule has 0 aliphatic heterocycles. The Kier molecular flexibility index (Phi) is 13.1. The molecular weight excluding hydrogens is 272 g/mol. The average Bonchev–Trinajstić information content (AvgIpc) is 2.46. The topological polar surface area (TPSA) is 55.4 Å². The summed E-state index contributed by atoms with van der Waals surface area (Å²) >= 11 is 0. The Balaban J connectivity index is 3.59. The first-order valence-electron chi connectivity index (χ1n) is 8.86. The lowest BCUT2D eigenvalue weighted by atomic mass is 9.89. The number of rotatable bonds is 14. The van der Waals surface area contributed by atoms with Gasteiger partial charge in [-0.1, -0.05) is 75.9 Å². The van der Waals surface area contributed by atoms with Gasteiger partial charge in [0, 0.05) is 6.04 Å². The highest BCUT2D eigenvalue weighted by Gasteiger charge is 2.15. The van der Waals surface area contributed by atoms with Crippen molar-refractivity contribution in [3.63, 3.8) is 0 Å². The fourth-order valence-corrected chi connectivity index (χ4v) is 2.29. The molecule has 1 unspecified atom stereocenters. The zero-order chi connectivity index (χ0) is 16.7. The van der Waals surface area contributed by atoms with Crippen LogP contribution < -0.4 is 5.73 Å². The van der Waals surface area contributed by atoms with Gasteiger partial charge in [0.1, 0.15) is 0 Å². The van der Waals surface area contributed by atoms with Crippen molar-refractivity contribution < 1.29 is 0 Å². The van der Waals surface area contributed by atoms with E-state index in [-0.39, 0.29) is 5.41 Å². The highest BCUT2D eigenvalue weighted by Crippen LogP contribution is 2.21. The lowest BCUT2D eigenvalue weighted by Crippen LogP contribution is -2.18. The van der Waals surface area contributed by atoms with Crippen molar-refractivity contribution in [3.8, 4) is 0 Å². The van der Waals surface area contributed by atoms with E-state index in [2.05, 4.69) is 50.3 Å². The van der Waals surface area contributed by atoms with Crippen molar-refractivity contribution in [2.75, 3.05) is 6.54 Å². The smallest absolute Gasteiger partial charge is 0.0865 e. The Bertz CT molecular complexity index is 321. The first-order chi connectivity index (χ1) is 10.5. The van der Waals surface area contributed by atoms with Crippen molar-refractivity contribution in [1.82, 2.24) is 0 Å². The first kappa shape index (κ1) is 21.0. The van der Waals surface area contributed by atoms with Crippen LogP contribution in [0, 0.1) is 10.3 Å². The van der Waals surface area contributed by atoms with Gasteiger partial charge in [0.25, 0.3) is 0 Å². The summed E-state index contributed by atoms with van der Waals surface area (Å²) in [6, 6.07) is 0.320. The molecule has 0 heterocycles. The minimum atomic E-state index is -0.0152. The maximum absolute atomic E-state index is 10.3. The van der Waals surface area contributed by atoms with Gasteiger partial charge < -0.3 is 5.73 Å². The molecule has 0 aliphatic rings. The monoisotopic (exact) mass is 308 g/mol. The molecular formula is C19H36N2O. The summed E-state index contributed by atoms with van der Waals surface area (Å²) in [4.78, 5) is 10.3. The van der Waals surface area contributed by atoms with Gasteiger partial charge >= 0.3 is 0 Å². The van der Waals surface area contributed by atoms with Crippen LogP contribution in [-0.2, 0) is 0 Å². The van der Waals surface area contributed by atoms with Crippen LogP contribution in [0.15, 0.2) is 29.5 Å². The number of allylic oxidation sites excluding steroid dienone is 3. The molecule has 0 saturated carbocycles. The minimum Gasteiger partial charge on any atom is -0.327 e. The van der Waals surface area contributed by atoms with Gasteiger partial charge in [-0.15, -0.1) is 0 Å². The molecule has 0 aromatic carbocycles. The maximum Gasteiger partial charge on any atom is 0.0865 e. The number of hydrogen-bond acceptors (Lipinski definition) is 3. The summed E-state index contributed by atoms with van der Waals surface area (Å²) in [5.41, 5.74) is 6.08. The van der Waals surface area contributed by atoms with Crippen molar-refractivity contribution in [2.45, 2.75) is 84.6 Å². The molecule has 22 heavy (non-hydrogen) atoms. The van der Waals surface area contributed by atoms with E-state index in [1.807, 2.05) is 0 Å².